The number of rotatable bonds is 6. The van der Waals surface area contributed by atoms with E-state index in [4.69, 9.17) is 0 Å². The minimum atomic E-state index is 0.263. The van der Waals surface area contributed by atoms with Crippen molar-refractivity contribution in [1.29, 1.82) is 0 Å². The maximum Gasteiger partial charge on any atom is 0.115 e. The third-order valence-corrected chi connectivity index (χ3v) is 4.29. The monoisotopic (exact) mass is 278 g/mol. The fourth-order valence-electron chi connectivity index (χ4n) is 3.02. The Kier molecular flexibility index (Phi) is 5.40. The van der Waals surface area contributed by atoms with Gasteiger partial charge in [0.2, 0.25) is 0 Å². The summed E-state index contributed by atoms with van der Waals surface area (Å²) in [6, 6.07) is 7.44. The molecule has 1 saturated heterocycles. The van der Waals surface area contributed by atoms with E-state index in [0.29, 0.717) is 17.6 Å². The lowest BCUT2D eigenvalue weighted by atomic mass is 9.96. The molecule has 1 aromatic rings. The number of hydrogen-bond acceptors (Lipinski definition) is 4. The van der Waals surface area contributed by atoms with Crippen molar-refractivity contribution in [2.24, 2.45) is 11.8 Å². The first-order chi connectivity index (χ1) is 9.62. The molecule has 0 bridgehead atoms. The molecule has 0 spiro atoms. The molecule has 20 heavy (non-hydrogen) atoms. The van der Waals surface area contributed by atoms with Gasteiger partial charge in [-0.2, -0.15) is 0 Å². The maximum atomic E-state index is 9.56. The van der Waals surface area contributed by atoms with E-state index in [-0.39, 0.29) is 6.61 Å². The maximum absolute atomic E-state index is 9.56. The molecule has 2 atom stereocenters. The van der Waals surface area contributed by atoms with Crippen LogP contribution in [0, 0.1) is 11.8 Å². The third kappa shape index (κ3) is 3.95. The normalized spacial score (nSPS) is 23.6. The summed E-state index contributed by atoms with van der Waals surface area (Å²) in [5, 5.41) is 19.1. The molecule has 4 heteroatoms. The van der Waals surface area contributed by atoms with E-state index in [2.05, 4.69) is 23.8 Å². The third-order valence-electron chi connectivity index (χ3n) is 4.29. The quantitative estimate of drug-likeness (QED) is 0.825. The van der Waals surface area contributed by atoms with E-state index in [1.54, 1.807) is 6.07 Å². The van der Waals surface area contributed by atoms with Crippen LogP contribution in [-0.2, 0) is 6.54 Å². The minimum absolute atomic E-state index is 0.263. The summed E-state index contributed by atoms with van der Waals surface area (Å²) >= 11 is 0. The molecule has 1 aliphatic heterocycles. The molecule has 0 radical (unpaired) electrons. The molecular weight excluding hydrogens is 252 g/mol. The summed E-state index contributed by atoms with van der Waals surface area (Å²) in [4.78, 5) is 4.69. The number of phenolic OH excluding ortho intramolecular Hbond substituents is 1. The highest BCUT2D eigenvalue weighted by Gasteiger charge is 2.32. The standard InChI is InChI=1S/C16H26N2O2/c1-3-17(2)9-14-10-18(11-15(14)12-19)8-13-5-4-6-16(20)7-13/h4-7,14-15,19-20H,3,8-12H2,1-2H3/t14-,15-/m1/s1. The lowest BCUT2D eigenvalue weighted by molar-refractivity contribution is 0.177. The van der Waals surface area contributed by atoms with Crippen molar-refractivity contribution in [2.45, 2.75) is 13.5 Å². The average Bonchev–Trinajstić information content (AvgIpc) is 2.80. The topological polar surface area (TPSA) is 46.9 Å². The van der Waals surface area contributed by atoms with Crippen LogP contribution in [0.4, 0.5) is 0 Å². The Labute approximate surface area is 121 Å². The average molecular weight is 278 g/mol. The fourth-order valence-corrected chi connectivity index (χ4v) is 3.02. The molecule has 2 N–H and O–H groups in total. The number of nitrogens with zero attached hydrogens (tertiary/aromatic N) is 2. The molecule has 1 fully saturated rings. The van der Waals surface area contributed by atoms with E-state index in [9.17, 15) is 10.2 Å². The highest BCUT2D eigenvalue weighted by molar-refractivity contribution is 5.27. The summed E-state index contributed by atoms with van der Waals surface area (Å²) in [5.41, 5.74) is 1.13. The Hall–Kier alpha value is -1.10. The lowest BCUT2D eigenvalue weighted by Crippen LogP contribution is -2.31. The summed E-state index contributed by atoms with van der Waals surface area (Å²) in [6.45, 7) is 7.31. The van der Waals surface area contributed by atoms with Gasteiger partial charge in [-0.3, -0.25) is 4.90 Å². The number of aliphatic hydroxyl groups is 1. The van der Waals surface area contributed by atoms with Crippen LogP contribution in [0.15, 0.2) is 24.3 Å². The zero-order chi connectivity index (χ0) is 14.5. The second-order valence-electron chi connectivity index (χ2n) is 5.92. The first kappa shape index (κ1) is 15.3. The first-order valence-electron chi connectivity index (χ1n) is 7.42. The molecule has 0 aromatic heterocycles. The lowest BCUT2D eigenvalue weighted by Gasteiger charge is -2.22. The van der Waals surface area contributed by atoms with Crippen molar-refractivity contribution in [3.8, 4) is 5.75 Å². The van der Waals surface area contributed by atoms with Gasteiger partial charge in [0.15, 0.2) is 0 Å². The van der Waals surface area contributed by atoms with E-state index < -0.39 is 0 Å². The van der Waals surface area contributed by atoms with Crippen molar-refractivity contribution >= 4 is 0 Å². The van der Waals surface area contributed by atoms with Crippen LogP contribution in [0.5, 0.6) is 5.75 Å². The second-order valence-corrected chi connectivity index (χ2v) is 5.92. The van der Waals surface area contributed by atoms with Crippen LogP contribution in [0.1, 0.15) is 12.5 Å². The van der Waals surface area contributed by atoms with E-state index in [1.807, 2.05) is 18.2 Å². The van der Waals surface area contributed by atoms with Crippen molar-refractivity contribution in [3.05, 3.63) is 29.8 Å². The molecule has 0 amide bonds. The van der Waals surface area contributed by atoms with Crippen LogP contribution < -0.4 is 0 Å². The summed E-state index contributed by atoms with van der Waals surface area (Å²) in [6.07, 6.45) is 0. The van der Waals surface area contributed by atoms with Crippen molar-refractivity contribution < 1.29 is 10.2 Å². The number of benzene rings is 1. The Morgan fingerprint density at radius 1 is 1.30 bits per heavy atom. The largest absolute Gasteiger partial charge is 0.508 e. The van der Waals surface area contributed by atoms with Crippen molar-refractivity contribution in [2.75, 3.05) is 39.8 Å². The first-order valence-corrected chi connectivity index (χ1v) is 7.42. The Bertz CT molecular complexity index is 425. The molecule has 0 saturated carbocycles. The van der Waals surface area contributed by atoms with Gasteiger partial charge in [0.05, 0.1) is 0 Å². The van der Waals surface area contributed by atoms with Gasteiger partial charge in [0, 0.05) is 32.8 Å². The van der Waals surface area contributed by atoms with Crippen LogP contribution in [0.2, 0.25) is 0 Å². The van der Waals surface area contributed by atoms with Crippen LogP contribution in [0.25, 0.3) is 0 Å². The number of likely N-dealkylation sites (tertiary alicyclic amines) is 1. The molecule has 0 aliphatic carbocycles. The number of hydrogen-bond donors (Lipinski definition) is 2. The molecular formula is C16H26N2O2. The zero-order valence-corrected chi connectivity index (χ0v) is 12.5. The van der Waals surface area contributed by atoms with E-state index in [0.717, 1.165) is 38.3 Å². The van der Waals surface area contributed by atoms with Crippen LogP contribution in [0.3, 0.4) is 0 Å². The Morgan fingerprint density at radius 3 is 2.70 bits per heavy atom. The fraction of sp³-hybridized carbons (Fsp3) is 0.625. The van der Waals surface area contributed by atoms with Gasteiger partial charge < -0.3 is 15.1 Å². The zero-order valence-electron chi connectivity index (χ0n) is 12.5. The van der Waals surface area contributed by atoms with Crippen molar-refractivity contribution in [3.63, 3.8) is 0 Å². The predicted octanol–water partition coefficient (Wildman–Crippen LogP) is 1.38. The summed E-state index contributed by atoms with van der Waals surface area (Å²) in [7, 11) is 2.13. The van der Waals surface area contributed by atoms with Crippen molar-refractivity contribution in [1.82, 2.24) is 9.80 Å². The van der Waals surface area contributed by atoms with E-state index >= 15 is 0 Å². The van der Waals surface area contributed by atoms with Gasteiger partial charge in [-0.15, -0.1) is 0 Å². The molecule has 0 unspecified atom stereocenters. The SMILES string of the molecule is CCN(C)C[C@@H]1CN(Cc2cccc(O)c2)C[C@@H]1CO. The summed E-state index contributed by atoms with van der Waals surface area (Å²) in [5.74, 6) is 1.21. The minimum Gasteiger partial charge on any atom is -0.508 e. The van der Waals surface area contributed by atoms with Gasteiger partial charge in [-0.1, -0.05) is 19.1 Å². The van der Waals surface area contributed by atoms with E-state index in [1.165, 1.54) is 0 Å². The van der Waals surface area contributed by atoms with Gasteiger partial charge >= 0.3 is 0 Å². The molecule has 1 aromatic carbocycles. The van der Waals surface area contributed by atoms with Gasteiger partial charge in [0.1, 0.15) is 5.75 Å². The smallest absolute Gasteiger partial charge is 0.115 e. The predicted molar refractivity (Wildman–Crippen MR) is 80.6 cm³/mol. The number of aliphatic hydroxyl groups excluding tert-OH is 1. The molecule has 2 rings (SSSR count). The Morgan fingerprint density at radius 2 is 2.05 bits per heavy atom. The van der Waals surface area contributed by atoms with Crippen LogP contribution in [-0.4, -0.2) is 59.8 Å². The highest BCUT2D eigenvalue weighted by atomic mass is 16.3. The molecule has 1 heterocycles. The molecule has 1 aliphatic rings. The highest BCUT2D eigenvalue weighted by Crippen LogP contribution is 2.26. The molecule has 4 nitrogen and oxygen atoms in total. The summed E-state index contributed by atoms with van der Waals surface area (Å²) < 4.78 is 0. The number of aromatic hydroxyl groups is 1. The second kappa shape index (κ2) is 7.07. The molecule has 112 valence electrons. The van der Waals surface area contributed by atoms with Gasteiger partial charge in [-0.05, 0) is 43.1 Å². The number of phenols is 1. The Balaban J connectivity index is 1.94. The van der Waals surface area contributed by atoms with Gasteiger partial charge in [0.25, 0.3) is 0 Å². The van der Waals surface area contributed by atoms with Gasteiger partial charge in [-0.25, -0.2) is 0 Å². The van der Waals surface area contributed by atoms with Crippen LogP contribution >= 0.6 is 0 Å².